The summed E-state index contributed by atoms with van der Waals surface area (Å²) in [5.74, 6) is 0.952. The van der Waals surface area contributed by atoms with Crippen molar-refractivity contribution < 1.29 is 4.74 Å². The topological polar surface area (TPSA) is 24.5 Å². The van der Waals surface area contributed by atoms with Crippen molar-refractivity contribution in [1.29, 1.82) is 0 Å². The van der Waals surface area contributed by atoms with Crippen molar-refractivity contribution in [3.63, 3.8) is 0 Å². The quantitative estimate of drug-likeness (QED) is 0.743. The molecule has 0 bridgehead atoms. The van der Waals surface area contributed by atoms with Gasteiger partial charge in [0, 0.05) is 25.2 Å². The maximum absolute atomic E-state index is 5.54. The van der Waals surface area contributed by atoms with E-state index in [0.717, 1.165) is 38.8 Å². The minimum Gasteiger partial charge on any atom is -0.378 e. The van der Waals surface area contributed by atoms with Crippen LogP contribution in [0.15, 0.2) is 0 Å². The molecule has 1 saturated heterocycles. The van der Waals surface area contributed by atoms with Crippen molar-refractivity contribution >= 4 is 0 Å². The van der Waals surface area contributed by atoms with Gasteiger partial charge in [-0.05, 0) is 39.2 Å². The zero-order valence-electron chi connectivity index (χ0n) is 11.5. The van der Waals surface area contributed by atoms with Gasteiger partial charge in [-0.2, -0.15) is 0 Å². The van der Waals surface area contributed by atoms with E-state index < -0.39 is 0 Å². The van der Waals surface area contributed by atoms with Crippen molar-refractivity contribution in [2.24, 2.45) is 5.92 Å². The third kappa shape index (κ3) is 3.94. The molecule has 3 nitrogen and oxygen atoms in total. The molecule has 1 N–H and O–H groups in total. The van der Waals surface area contributed by atoms with Gasteiger partial charge >= 0.3 is 0 Å². The van der Waals surface area contributed by atoms with E-state index in [4.69, 9.17) is 4.74 Å². The van der Waals surface area contributed by atoms with Crippen molar-refractivity contribution in [1.82, 2.24) is 10.2 Å². The number of morpholine rings is 1. The first-order valence-corrected chi connectivity index (χ1v) is 7.22. The van der Waals surface area contributed by atoms with Crippen molar-refractivity contribution in [3.05, 3.63) is 0 Å². The Labute approximate surface area is 106 Å². The van der Waals surface area contributed by atoms with Crippen molar-refractivity contribution in [3.8, 4) is 0 Å². The standard InChI is InChI=1S/C14H28N2O/c1-14(2)12-17-10-9-16(14)8-7-15-11-13-5-3-4-6-13/h13,15H,3-12H2,1-2H3. The minimum absolute atomic E-state index is 0.216. The van der Waals surface area contributed by atoms with E-state index in [1.165, 1.54) is 32.2 Å². The van der Waals surface area contributed by atoms with Crippen LogP contribution in [0.2, 0.25) is 0 Å². The first kappa shape index (κ1) is 13.3. The van der Waals surface area contributed by atoms with Gasteiger partial charge < -0.3 is 10.1 Å². The molecule has 0 aromatic heterocycles. The van der Waals surface area contributed by atoms with Gasteiger partial charge in [0.2, 0.25) is 0 Å². The summed E-state index contributed by atoms with van der Waals surface area (Å²) >= 11 is 0. The summed E-state index contributed by atoms with van der Waals surface area (Å²) in [6.45, 7) is 10.9. The molecule has 1 aliphatic heterocycles. The Bertz CT molecular complexity index is 224. The SMILES string of the molecule is CC1(C)COCCN1CCNCC1CCCC1. The molecule has 17 heavy (non-hydrogen) atoms. The van der Waals surface area contributed by atoms with Gasteiger partial charge in [0.15, 0.2) is 0 Å². The van der Waals surface area contributed by atoms with E-state index in [9.17, 15) is 0 Å². The smallest absolute Gasteiger partial charge is 0.0645 e. The Balaban J connectivity index is 1.60. The molecule has 0 radical (unpaired) electrons. The van der Waals surface area contributed by atoms with Gasteiger partial charge in [0.1, 0.15) is 0 Å². The van der Waals surface area contributed by atoms with Crippen LogP contribution in [-0.4, -0.2) is 49.8 Å². The molecule has 3 heteroatoms. The fraction of sp³-hybridized carbons (Fsp3) is 1.00. The number of nitrogens with zero attached hydrogens (tertiary/aromatic N) is 1. The third-order valence-electron chi connectivity index (χ3n) is 4.28. The molecule has 0 aromatic rings. The lowest BCUT2D eigenvalue weighted by Crippen LogP contribution is -2.54. The van der Waals surface area contributed by atoms with Gasteiger partial charge in [-0.15, -0.1) is 0 Å². The Morgan fingerprint density at radius 1 is 1.29 bits per heavy atom. The summed E-state index contributed by atoms with van der Waals surface area (Å²) in [6, 6.07) is 0. The molecule has 0 spiro atoms. The molecule has 1 aliphatic carbocycles. The van der Waals surface area contributed by atoms with E-state index in [2.05, 4.69) is 24.1 Å². The summed E-state index contributed by atoms with van der Waals surface area (Å²) < 4.78 is 5.54. The summed E-state index contributed by atoms with van der Waals surface area (Å²) in [4.78, 5) is 2.55. The van der Waals surface area contributed by atoms with Crippen LogP contribution < -0.4 is 5.32 Å². The van der Waals surface area contributed by atoms with Crippen molar-refractivity contribution in [2.75, 3.05) is 39.4 Å². The van der Waals surface area contributed by atoms with Crippen LogP contribution in [0.25, 0.3) is 0 Å². The third-order valence-corrected chi connectivity index (χ3v) is 4.28. The monoisotopic (exact) mass is 240 g/mol. The lowest BCUT2D eigenvalue weighted by molar-refractivity contribution is -0.0500. The molecule has 2 rings (SSSR count). The Kier molecular flexibility index (Phi) is 4.83. The minimum atomic E-state index is 0.216. The summed E-state index contributed by atoms with van der Waals surface area (Å²) in [5.41, 5.74) is 0.216. The van der Waals surface area contributed by atoms with Crippen LogP contribution in [-0.2, 0) is 4.74 Å². The maximum Gasteiger partial charge on any atom is 0.0645 e. The number of hydrogen-bond donors (Lipinski definition) is 1. The van der Waals surface area contributed by atoms with Crippen LogP contribution in [0, 0.1) is 5.92 Å². The molecule has 1 saturated carbocycles. The van der Waals surface area contributed by atoms with Gasteiger partial charge in [-0.25, -0.2) is 0 Å². The molecular formula is C14H28N2O. The lowest BCUT2D eigenvalue weighted by atomic mass is 10.0. The highest BCUT2D eigenvalue weighted by atomic mass is 16.5. The number of ether oxygens (including phenoxy) is 1. The molecule has 1 heterocycles. The van der Waals surface area contributed by atoms with E-state index in [1.807, 2.05) is 0 Å². The first-order valence-electron chi connectivity index (χ1n) is 7.22. The number of nitrogens with one attached hydrogen (secondary N) is 1. The van der Waals surface area contributed by atoms with E-state index >= 15 is 0 Å². The predicted octanol–water partition coefficient (Wildman–Crippen LogP) is 1.88. The molecular weight excluding hydrogens is 212 g/mol. The average molecular weight is 240 g/mol. The van der Waals surface area contributed by atoms with Crippen molar-refractivity contribution in [2.45, 2.75) is 45.1 Å². The largest absolute Gasteiger partial charge is 0.378 e. The first-order chi connectivity index (χ1) is 8.18. The zero-order valence-corrected chi connectivity index (χ0v) is 11.5. The summed E-state index contributed by atoms with van der Waals surface area (Å²) in [7, 11) is 0. The lowest BCUT2D eigenvalue weighted by Gasteiger charge is -2.42. The molecule has 0 unspecified atom stereocenters. The number of hydrogen-bond acceptors (Lipinski definition) is 3. The molecule has 0 amide bonds. The highest BCUT2D eigenvalue weighted by Crippen LogP contribution is 2.23. The fourth-order valence-corrected chi connectivity index (χ4v) is 3.04. The fourth-order valence-electron chi connectivity index (χ4n) is 3.04. The van der Waals surface area contributed by atoms with Crippen LogP contribution >= 0.6 is 0 Å². The van der Waals surface area contributed by atoms with Gasteiger partial charge in [0.25, 0.3) is 0 Å². The molecule has 2 aliphatic rings. The second kappa shape index (κ2) is 6.17. The highest BCUT2D eigenvalue weighted by Gasteiger charge is 2.29. The van der Waals surface area contributed by atoms with E-state index in [-0.39, 0.29) is 5.54 Å². The van der Waals surface area contributed by atoms with Gasteiger partial charge in [0.05, 0.1) is 13.2 Å². The molecule has 0 atom stereocenters. The summed E-state index contributed by atoms with van der Waals surface area (Å²) in [5, 5.41) is 3.63. The van der Waals surface area contributed by atoms with Crippen LogP contribution in [0.5, 0.6) is 0 Å². The zero-order chi connectivity index (χ0) is 12.1. The normalized spacial score (nSPS) is 26.5. The molecule has 100 valence electrons. The molecule has 0 aromatic carbocycles. The predicted molar refractivity (Wildman–Crippen MR) is 71.3 cm³/mol. The Morgan fingerprint density at radius 2 is 2.06 bits per heavy atom. The van der Waals surface area contributed by atoms with Crippen LogP contribution in [0.1, 0.15) is 39.5 Å². The van der Waals surface area contributed by atoms with Crippen LogP contribution in [0.3, 0.4) is 0 Å². The second-order valence-corrected chi connectivity index (χ2v) is 6.21. The van der Waals surface area contributed by atoms with Gasteiger partial charge in [-0.3, -0.25) is 4.90 Å². The van der Waals surface area contributed by atoms with Gasteiger partial charge in [-0.1, -0.05) is 12.8 Å². The van der Waals surface area contributed by atoms with E-state index in [1.54, 1.807) is 0 Å². The Morgan fingerprint density at radius 3 is 2.76 bits per heavy atom. The summed E-state index contributed by atoms with van der Waals surface area (Å²) in [6.07, 6.45) is 5.78. The maximum atomic E-state index is 5.54. The number of rotatable bonds is 5. The van der Waals surface area contributed by atoms with Crippen LogP contribution in [0.4, 0.5) is 0 Å². The molecule has 2 fully saturated rings. The highest BCUT2D eigenvalue weighted by molar-refractivity contribution is 4.84. The average Bonchev–Trinajstić information content (AvgIpc) is 2.79. The van der Waals surface area contributed by atoms with E-state index in [0.29, 0.717) is 0 Å². The Hall–Kier alpha value is -0.120. The second-order valence-electron chi connectivity index (χ2n) is 6.21.